The second-order valence-electron chi connectivity index (χ2n) is 5.72. The van der Waals surface area contributed by atoms with Crippen molar-refractivity contribution >= 4 is 17.7 Å². The molecule has 0 spiro atoms. The number of nitrogens with one attached hydrogen (secondary N) is 1. The highest BCUT2D eigenvalue weighted by Crippen LogP contribution is 2.38. The van der Waals surface area contributed by atoms with Crippen LogP contribution in [0.1, 0.15) is 45.5 Å². The predicted octanol–water partition coefficient (Wildman–Crippen LogP) is 1.93. The van der Waals surface area contributed by atoms with Crippen LogP contribution in [-0.4, -0.2) is 32.0 Å². The highest BCUT2D eigenvalue weighted by Gasteiger charge is 2.28. The number of amides is 1. The quantitative estimate of drug-likeness (QED) is 0.848. The minimum Gasteiger partial charge on any atom is -0.351 e. The van der Waals surface area contributed by atoms with Gasteiger partial charge in [-0.05, 0) is 40.5 Å². The normalized spacial score (nSPS) is 15.8. The lowest BCUT2D eigenvalue weighted by Crippen LogP contribution is -2.41. The van der Waals surface area contributed by atoms with Crippen LogP contribution in [0.5, 0.6) is 0 Å². The van der Waals surface area contributed by atoms with Gasteiger partial charge in [-0.2, -0.15) is 0 Å². The van der Waals surface area contributed by atoms with Crippen molar-refractivity contribution in [2.45, 2.75) is 57.3 Å². The van der Waals surface area contributed by atoms with Gasteiger partial charge in [-0.3, -0.25) is 4.79 Å². The van der Waals surface area contributed by atoms with Crippen LogP contribution in [0.4, 0.5) is 0 Å². The molecule has 6 heteroatoms. The van der Waals surface area contributed by atoms with Crippen molar-refractivity contribution in [1.82, 2.24) is 20.1 Å². The van der Waals surface area contributed by atoms with Gasteiger partial charge in [-0.25, -0.2) is 0 Å². The molecule has 1 N–H and O–H groups in total. The molecule has 0 aliphatic heterocycles. The molecule has 1 amide bonds. The third kappa shape index (κ3) is 3.48. The van der Waals surface area contributed by atoms with Crippen LogP contribution in [0, 0.1) is 6.92 Å². The molecule has 1 aromatic rings. The zero-order chi connectivity index (χ0) is 13.3. The lowest BCUT2D eigenvalue weighted by atomic mass is 10.1. The molecule has 0 saturated heterocycles. The summed E-state index contributed by atoms with van der Waals surface area (Å²) in [5, 5.41) is 12.0. The molecule has 5 nitrogen and oxygen atoms in total. The van der Waals surface area contributed by atoms with Crippen LogP contribution in [0.25, 0.3) is 0 Å². The Kier molecular flexibility index (Phi) is 3.66. The van der Waals surface area contributed by atoms with E-state index in [0.717, 1.165) is 11.0 Å². The number of rotatable bonds is 4. The summed E-state index contributed by atoms with van der Waals surface area (Å²) in [4.78, 5) is 11.7. The average Bonchev–Trinajstić information content (AvgIpc) is 2.98. The second-order valence-corrected chi connectivity index (χ2v) is 6.66. The minimum atomic E-state index is -0.183. The Balaban J connectivity index is 1.92. The summed E-state index contributed by atoms with van der Waals surface area (Å²) in [6.45, 7) is 7.90. The lowest BCUT2D eigenvalue weighted by molar-refractivity contribution is -0.119. The molecule has 1 heterocycles. The molecule has 0 radical (unpaired) electrons. The van der Waals surface area contributed by atoms with Gasteiger partial charge in [-0.15, -0.1) is 10.2 Å². The zero-order valence-electron chi connectivity index (χ0n) is 11.4. The summed E-state index contributed by atoms with van der Waals surface area (Å²) in [6, 6.07) is 0.549. The summed E-state index contributed by atoms with van der Waals surface area (Å²) < 4.78 is 2.15. The zero-order valence-corrected chi connectivity index (χ0v) is 12.2. The fourth-order valence-corrected chi connectivity index (χ4v) is 2.64. The van der Waals surface area contributed by atoms with Crippen LogP contribution in [0.15, 0.2) is 5.16 Å². The Hall–Kier alpha value is -1.04. The first kappa shape index (κ1) is 13.4. The highest BCUT2D eigenvalue weighted by molar-refractivity contribution is 7.99. The molecular formula is C12H20N4OS. The van der Waals surface area contributed by atoms with Crippen LogP contribution >= 0.6 is 11.8 Å². The van der Waals surface area contributed by atoms with E-state index < -0.39 is 0 Å². The number of aryl methyl sites for hydroxylation is 1. The van der Waals surface area contributed by atoms with Crippen molar-refractivity contribution in [1.29, 1.82) is 0 Å². The van der Waals surface area contributed by atoms with Crippen molar-refractivity contribution in [3.05, 3.63) is 5.82 Å². The number of aromatic nitrogens is 3. The fraction of sp³-hybridized carbons (Fsp3) is 0.750. The molecule has 1 aliphatic carbocycles. The SMILES string of the molecule is Cc1nnc(SCC(=O)NC(C)(C)C)n1C1CC1. The van der Waals surface area contributed by atoms with Crippen LogP contribution in [-0.2, 0) is 4.79 Å². The van der Waals surface area contributed by atoms with E-state index in [1.54, 1.807) is 0 Å². The van der Waals surface area contributed by atoms with Crippen molar-refractivity contribution in [3.63, 3.8) is 0 Å². The molecule has 18 heavy (non-hydrogen) atoms. The molecule has 0 bridgehead atoms. The largest absolute Gasteiger partial charge is 0.351 e. The van der Waals surface area contributed by atoms with E-state index in [0.29, 0.717) is 11.8 Å². The number of nitrogens with zero attached hydrogens (tertiary/aromatic N) is 3. The highest BCUT2D eigenvalue weighted by atomic mass is 32.2. The molecule has 1 fully saturated rings. The number of hydrogen-bond donors (Lipinski definition) is 1. The average molecular weight is 268 g/mol. The van der Waals surface area contributed by atoms with E-state index in [4.69, 9.17) is 0 Å². The molecule has 0 aromatic carbocycles. The van der Waals surface area contributed by atoms with Gasteiger partial charge >= 0.3 is 0 Å². The van der Waals surface area contributed by atoms with Gasteiger partial charge in [0, 0.05) is 11.6 Å². The van der Waals surface area contributed by atoms with Gasteiger partial charge < -0.3 is 9.88 Å². The third-order valence-electron chi connectivity index (χ3n) is 2.59. The summed E-state index contributed by atoms with van der Waals surface area (Å²) in [6.07, 6.45) is 2.39. The maximum atomic E-state index is 11.7. The third-order valence-corrected chi connectivity index (χ3v) is 3.54. The first-order valence-corrected chi connectivity index (χ1v) is 7.21. The molecular weight excluding hydrogens is 248 g/mol. The topological polar surface area (TPSA) is 59.8 Å². The van der Waals surface area contributed by atoms with Crippen LogP contribution in [0.2, 0.25) is 0 Å². The Morgan fingerprint density at radius 2 is 2.11 bits per heavy atom. The Morgan fingerprint density at radius 3 is 2.67 bits per heavy atom. The molecule has 1 aromatic heterocycles. The van der Waals surface area contributed by atoms with E-state index in [1.165, 1.54) is 24.6 Å². The first-order valence-electron chi connectivity index (χ1n) is 6.22. The smallest absolute Gasteiger partial charge is 0.230 e. The number of carbonyl (C=O) groups excluding carboxylic acids is 1. The molecule has 1 aliphatic rings. The van der Waals surface area contributed by atoms with Crippen molar-refractivity contribution in [3.8, 4) is 0 Å². The standard InChI is InChI=1S/C12H20N4OS/c1-8-14-15-11(16(8)9-5-6-9)18-7-10(17)13-12(2,3)4/h9H,5-7H2,1-4H3,(H,13,17). The van der Waals surface area contributed by atoms with Crippen molar-refractivity contribution < 1.29 is 4.79 Å². The Bertz CT molecular complexity index is 445. The number of carbonyl (C=O) groups is 1. The van der Waals surface area contributed by atoms with Gasteiger partial charge in [-0.1, -0.05) is 11.8 Å². The molecule has 0 atom stereocenters. The minimum absolute atomic E-state index is 0.0375. The van der Waals surface area contributed by atoms with Crippen molar-refractivity contribution in [2.24, 2.45) is 0 Å². The number of thioether (sulfide) groups is 1. The first-order chi connectivity index (χ1) is 8.37. The maximum absolute atomic E-state index is 11.7. The summed E-state index contributed by atoms with van der Waals surface area (Å²) in [5.74, 6) is 1.37. The monoisotopic (exact) mass is 268 g/mol. The predicted molar refractivity (Wildman–Crippen MR) is 71.6 cm³/mol. The van der Waals surface area contributed by atoms with E-state index in [2.05, 4.69) is 20.1 Å². The van der Waals surface area contributed by atoms with Gasteiger partial charge in [0.25, 0.3) is 0 Å². The summed E-state index contributed by atoms with van der Waals surface area (Å²) in [7, 11) is 0. The van der Waals surface area contributed by atoms with E-state index in [9.17, 15) is 4.79 Å². The molecule has 100 valence electrons. The molecule has 0 unspecified atom stereocenters. The summed E-state index contributed by atoms with van der Waals surface area (Å²) in [5.41, 5.74) is -0.183. The van der Waals surface area contributed by atoms with Gasteiger partial charge in [0.2, 0.25) is 5.91 Å². The Labute approximate surface area is 112 Å². The number of hydrogen-bond acceptors (Lipinski definition) is 4. The van der Waals surface area contributed by atoms with E-state index >= 15 is 0 Å². The van der Waals surface area contributed by atoms with Crippen molar-refractivity contribution in [2.75, 3.05) is 5.75 Å². The summed E-state index contributed by atoms with van der Waals surface area (Å²) >= 11 is 1.46. The fourth-order valence-electron chi connectivity index (χ4n) is 1.79. The van der Waals surface area contributed by atoms with Gasteiger partial charge in [0.15, 0.2) is 5.16 Å². The maximum Gasteiger partial charge on any atom is 0.230 e. The lowest BCUT2D eigenvalue weighted by Gasteiger charge is -2.20. The van der Waals surface area contributed by atoms with Crippen LogP contribution < -0.4 is 5.32 Å². The second kappa shape index (κ2) is 4.91. The van der Waals surface area contributed by atoms with Crippen LogP contribution in [0.3, 0.4) is 0 Å². The Morgan fingerprint density at radius 1 is 1.44 bits per heavy atom. The van der Waals surface area contributed by atoms with Gasteiger partial charge in [0.05, 0.1) is 5.75 Å². The molecule has 2 rings (SSSR count). The van der Waals surface area contributed by atoms with Gasteiger partial charge in [0.1, 0.15) is 5.82 Å². The van der Waals surface area contributed by atoms with E-state index in [-0.39, 0.29) is 11.4 Å². The molecule has 1 saturated carbocycles. The van der Waals surface area contributed by atoms with E-state index in [1.807, 2.05) is 27.7 Å².